The predicted molar refractivity (Wildman–Crippen MR) is 101 cm³/mol. The van der Waals surface area contributed by atoms with Gasteiger partial charge in [0.1, 0.15) is 73.8 Å². The highest BCUT2D eigenvalue weighted by Crippen LogP contribution is 2.36. The van der Waals surface area contributed by atoms with Crippen LogP contribution in [0.1, 0.15) is 0 Å². The fourth-order valence-electron chi connectivity index (χ4n) is 4.01. The molecule has 0 aromatic heterocycles. The largest absolute Gasteiger partial charge is 0.394 e. The Kier molecular flexibility index (Phi) is 9.18. The molecule has 3 fully saturated rings. The summed E-state index contributed by atoms with van der Waals surface area (Å²) in [7, 11) is 0. The fourth-order valence-corrected chi connectivity index (χ4v) is 4.01. The molecule has 0 spiro atoms. The SMILES string of the molecule is OC[C@H]1O[C@H](OC[C@H]2O[C@H](O[C@]3(CO)O[C@H](CO)[C@@H](O)[C@@H]3O)[C@H](O)[C@@H](O)[C@@H]2O)[C@H](O)[C@H](O)[C@H]1O. The van der Waals surface area contributed by atoms with Gasteiger partial charge in [-0.15, -0.1) is 0 Å². The van der Waals surface area contributed by atoms with E-state index >= 15 is 0 Å². The summed E-state index contributed by atoms with van der Waals surface area (Å²) in [5.41, 5.74) is 0. The summed E-state index contributed by atoms with van der Waals surface area (Å²) in [6.45, 7) is -3.14. The highest BCUT2D eigenvalue weighted by molar-refractivity contribution is 4.98. The second kappa shape index (κ2) is 11.2. The second-order valence-corrected chi connectivity index (χ2v) is 8.41. The summed E-state index contributed by atoms with van der Waals surface area (Å²) >= 11 is 0. The lowest BCUT2D eigenvalue weighted by Gasteiger charge is -2.44. The molecule has 3 rings (SSSR count). The predicted octanol–water partition coefficient (Wildman–Crippen LogP) is -7.57. The maximum Gasteiger partial charge on any atom is 0.224 e. The van der Waals surface area contributed by atoms with E-state index in [9.17, 15) is 56.2 Å². The van der Waals surface area contributed by atoms with Gasteiger partial charge in [0, 0.05) is 0 Å². The molecule has 3 aliphatic heterocycles. The number of ether oxygens (including phenoxy) is 5. The summed E-state index contributed by atoms with van der Waals surface area (Å²) in [6, 6.07) is 0. The van der Waals surface area contributed by atoms with Gasteiger partial charge in [-0.3, -0.25) is 0 Å². The molecule has 3 saturated heterocycles. The first-order chi connectivity index (χ1) is 16.0. The molecule has 200 valence electrons. The molecule has 0 unspecified atom stereocenters. The van der Waals surface area contributed by atoms with E-state index in [4.69, 9.17) is 23.7 Å². The first-order valence-corrected chi connectivity index (χ1v) is 10.6. The van der Waals surface area contributed by atoms with Crippen LogP contribution in [-0.4, -0.2) is 168 Å². The Morgan fingerprint density at radius 2 is 1.12 bits per heavy atom. The number of hydrogen-bond donors (Lipinski definition) is 11. The monoisotopic (exact) mass is 504 g/mol. The van der Waals surface area contributed by atoms with Gasteiger partial charge in [0.05, 0.1) is 19.8 Å². The highest BCUT2D eigenvalue weighted by atomic mass is 16.8. The molecule has 0 aliphatic carbocycles. The van der Waals surface area contributed by atoms with Crippen molar-refractivity contribution in [2.45, 2.75) is 85.5 Å². The molecule has 14 atom stereocenters. The molecule has 11 N–H and O–H groups in total. The zero-order valence-corrected chi connectivity index (χ0v) is 17.8. The van der Waals surface area contributed by atoms with Crippen molar-refractivity contribution >= 4 is 0 Å². The van der Waals surface area contributed by atoms with Crippen LogP contribution in [-0.2, 0) is 23.7 Å². The van der Waals surface area contributed by atoms with Gasteiger partial charge in [0.2, 0.25) is 5.79 Å². The van der Waals surface area contributed by atoms with Crippen molar-refractivity contribution < 1.29 is 79.9 Å². The van der Waals surface area contributed by atoms with Crippen molar-refractivity contribution in [1.29, 1.82) is 0 Å². The number of hydrogen-bond acceptors (Lipinski definition) is 16. The molecule has 0 saturated carbocycles. The standard InChI is InChI=1S/C18H32O16/c19-1-5-8(22)11(25)13(27)16(31-5)30-3-7-9(23)12(26)14(28)17(32-7)34-18(4-21)15(29)10(24)6(2-20)33-18/h5-17,19-29H,1-4H2/t5-,6-,7-,8+,9-,10-,11-,12+,13-,14-,15+,16+,17-,18+/m1/s1. The van der Waals surface area contributed by atoms with Crippen molar-refractivity contribution in [3.8, 4) is 0 Å². The van der Waals surface area contributed by atoms with Gasteiger partial charge in [0.25, 0.3) is 0 Å². The first kappa shape index (κ1) is 27.9. The third-order valence-electron chi connectivity index (χ3n) is 6.16. The molecule has 0 aromatic rings. The number of aliphatic hydroxyl groups excluding tert-OH is 11. The van der Waals surface area contributed by atoms with Gasteiger partial charge < -0.3 is 79.9 Å². The van der Waals surface area contributed by atoms with E-state index in [1.165, 1.54) is 0 Å². The average Bonchev–Trinajstić information content (AvgIpc) is 3.08. The van der Waals surface area contributed by atoms with Crippen LogP contribution in [0.5, 0.6) is 0 Å². The van der Waals surface area contributed by atoms with Crippen LogP contribution < -0.4 is 0 Å². The van der Waals surface area contributed by atoms with Crippen LogP contribution in [0.15, 0.2) is 0 Å². The van der Waals surface area contributed by atoms with Crippen molar-refractivity contribution in [2.75, 3.05) is 26.4 Å². The smallest absolute Gasteiger partial charge is 0.224 e. The molecular weight excluding hydrogens is 472 g/mol. The highest BCUT2D eigenvalue weighted by Gasteiger charge is 2.58. The fraction of sp³-hybridized carbons (Fsp3) is 1.00. The van der Waals surface area contributed by atoms with E-state index < -0.39 is 112 Å². The zero-order chi connectivity index (χ0) is 25.4. The van der Waals surface area contributed by atoms with Gasteiger partial charge in [-0.25, -0.2) is 0 Å². The lowest BCUT2D eigenvalue weighted by Crippen LogP contribution is -2.63. The van der Waals surface area contributed by atoms with E-state index in [1.807, 2.05) is 0 Å². The number of rotatable bonds is 8. The van der Waals surface area contributed by atoms with Gasteiger partial charge in [-0.05, 0) is 0 Å². The van der Waals surface area contributed by atoms with E-state index in [-0.39, 0.29) is 0 Å². The minimum Gasteiger partial charge on any atom is -0.394 e. The Morgan fingerprint density at radius 1 is 0.588 bits per heavy atom. The third kappa shape index (κ3) is 5.09. The van der Waals surface area contributed by atoms with Crippen LogP contribution in [0.25, 0.3) is 0 Å². The summed E-state index contributed by atoms with van der Waals surface area (Å²) < 4.78 is 26.4. The van der Waals surface area contributed by atoms with E-state index in [0.29, 0.717) is 0 Å². The van der Waals surface area contributed by atoms with E-state index in [2.05, 4.69) is 0 Å². The molecule has 34 heavy (non-hydrogen) atoms. The summed E-state index contributed by atoms with van der Waals surface area (Å²) in [5.74, 6) is -2.36. The van der Waals surface area contributed by atoms with Crippen molar-refractivity contribution in [2.24, 2.45) is 0 Å². The normalized spacial score (nSPS) is 52.1. The minimum atomic E-state index is -2.36. The minimum absolute atomic E-state index is 0.634. The zero-order valence-electron chi connectivity index (χ0n) is 17.8. The maximum absolute atomic E-state index is 10.3. The van der Waals surface area contributed by atoms with Gasteiger partial charge in [-0.1, -0.05) is 0 Å². The lowest BCUT2D eigenvalue weighted by atomic mass is 9.98. The molecule has 3 aliphatic rings. The van der Waals surface area contributed by atoms with Crippen LogP contribution >= 0.6 is 0 Å². The van der Waals surface area contributed by atoms with Crippen LogP contribution in [0.4, 0.5) is 0 Å². The van der Waals surface area contributed by atoms with Crippen LogP contribution in [0, 0.1) is 0 Å². The van der Waals surface area contributed by atoms with Crippen molar-refractivity contribution in [3.63, 3.8) is 0 Å². The Labute approximate surface area is 192 Å². The molecule has 3 heterocycles. The molecule has 0 amide bonds. The first-order valence-electron chi connectivity index (χ1n) is 10.6. The van der Waals surface area contributed by atoms with Crippen molar-refractivity contribution in [3.05, 3.63) is 0 Å². The Bertz CT molecular complexity index is 653. The van der Waals surface area contributed by atoms with E-state index in [1.54, 1.807) is 0 Å². The van der Waals surface area contributed by atoms with Crippen LogP contribution in [0.3, 0.4) is 0 Å². The average molecular weight is 504 g/mol. The molecule has 0 radical (unpaired) electrons. The number of aliphatic hydroxyl groups is 11. The molecule has 0 bridgehead atoms. The Morgan fingerprint density at radius 3 is 1.65 bits per heavy atom. The Balaban J connectivity index is 1.69. The van der Waals surface area contributed by atoms with Crippen LogP contribution in [0.2, 0.25) is 0 Å². The Hall–Kier alpha value is -0.640. The quantitative estimate of drug-likeness (QED) is 0.146. The van der Waals surface area contributed by atoms with Crippen molar-refractivity contribution in [1.82, 2.24) is 0 Å². The third-order valence-corrected chi connectivity index (χ3v) is 6.16. The summed E-state index contributed by atoms with van der Waals surface area (Å²) in [6.07, 6.45) is -21.8. The lowest BCUT2D eigenvalue weighted by molar-refractivity contribution is -0.388. The molecular formula is C18H32O16. The van der Waals surface area contributed by atoms with Gasteiger partial charge in [0.15, 0.2) is 12.6 Å². The van der Waals surface area contributed by atoms with Gasteiger partial charge in [-0.2, -0.15) is 0 Å². The van der Waals surface area contributed by atoms with E-state index in [0.717, 1.165) is 0 Å². The molecule has 16 nitrogen and oxygen atoms in total. The summed E-state index contributed by atoms with van der Waals surface area (Å²) in [5, 5.41) is 109. The van der Waals surface area contributed by atoms with Gasteiger partial charge >= 0.3 is 0 Å². The molecule has 0 aromatic carbocycles. The second-order valence-electron chi connectivity index (χ2n) is 8.41. The maximum atomic E-state index is 10.3. The molecule has 16 heteroatoms. The summed E-state index contributed by atoms with van der Waals surface area (Å²) in [4.78, 5) is 0. The topological polar surface area (TPSA) is 269 Å².